The minimum Gasteiger partial charge on any atom is -0.342 e. The standard InChI is InChI=1S/C13H19N3O2S/c1-2-5-10-8-11(17)15-13(14-10)19-9-12(18)16-6-3-4-7-16/h8H,2-7,9H2,1H3,(H,14,15,17). The van der Waals surface area contributed by atoms with E-state index in [2.05, 4.69) is 9.97 Å². The number of aromatic amines is 1. The van der Waals surface area contributed by atoms with Crippen molar-refractivity contribution >= 4 is 17.7 Å². The van der Waals surface area contributed by atoms with Gasteiger partial charge in [-0.1, -0.05) is 25.1 Å². The SMILES string of the molecule is CCCc1cc(=O)[nH]c(SCC(=O)N2CCCC2)n1. The molecule has 6 heteroatoms. The third kappa shape index (κ3) is 4.09. The molecule has 0 aromatic carbocycles. The summed E-state index contributed by atoms with van der Waals surface area (Å²) < 4.78 is 0. The number of hydrogen-bond donors (Lipinski definition) is 1. The van der Waals surface area contributed by atoms with E-state index in [1.54, 1.807) is 0 Å². The van der Waals surface area contributed by atoms with Crippen LogP contribution in [0.2, 0.25) is 0 Å². The summed E-state index contributed by atoms with van der Waals surface area (Å²) in [6.45, 7) is 3.77. The quantitative estimate of drug-likeness (QED) is 0.655. The first kappa shape index (κ1) is 14.1. The summed E-state index contributed by atoms with van der Waals surface area (Å²) in [6, 6.07) is 1.52. The monoisotopic (exact) mass is 281 g/mol. The van der Waals surface area contributed by atoms with Crippen molar-refractivity contribution in [2.45, 2.75) is 37.8 Å². The van der Waals surface area contributed by atoms with Gasteiger partial charge < -0.3 is 9.88 Å². The predicted octanol–water partition coefficient (Wildman–Crippen LogP) is 1.44. The zero-order valence-corrected chi connectivity index (χ0v) is 12.0. The number of carbonyl (C=O) groups excluding carboxylic acids is 1. The van der Waals surface area contributed by atoms with Crippen LogP contribution in [0.5, 0.6) is 0 Å². The third-order valence-corrected chi connectivity index (χ3v) is 3.93. The molecule has 0 aliphatic carbocycles. The van der Waals surface area contributed by atoms with E-state index in [1.165, 1.54) is 17.8 Å². The Morgan fingerprint density at radius 2 is 2.21 bits per heavy atom. The number of H-pyrrole nitrogens is 1. The maximum absolute atomic E-state index is 11.9. The highest BCUT2D eigenvalue weighted by Crippen LogP contribution is 2.15. The molecule has 1 amide bonds. The fraction of sp³-hybridized carbons (Fsp3) is 0.615. The maximum atomic E-state index is 11.9. The Bertz CT molecular complexity index is 495. The second-order valence-electron chi connectivity index (χ2n) is 4.67. The minimum absolute atomic E-state index is 0.131. The zero-order valence-electron chi connectivity index (χ0n) is 11.1. The van der Waals surface area contributed by atoms with E-state index in [0.29, 0.717) is 10.9 Å². The lowest BCUT2D eigenvalue weighted by molar-refractivity contribution is -0.127. The van der Waals surface area contributed by atoms with Gasteiger partial charge in [0.05, 0.1) is 5.75 Å². The number of rotatable bonds is 5. The fourth-order valence-electron chi connectivity index (χ4n) is 2.12. The molecule has 1 aromatic heterocycles. The van der Waals surface area contributed by atoms with Crippen LogP contribution in [0.4, 0.5) is 0 Å². The summed E-state index contributed by atoms with van der Waals surface area (Å²) in [7, 11) is 0. The molecule has 1 N–H and O–H groups in total. The average Bonchev–Trinajstić information content (AvgIpc) is 2.89. The molecule has 0 atom stereocenters. The molecule has 0 unspecified atom stereocenters. The molecule has 1 fully saturated rings. The van der Waals surface area contributed by atoms with Gasteiger partial charge >= 0.3 is 0 Å². The zero-order chi connectivity index (χ0) is 13.7. The van der Waals surface area contributed by atoms with Crippen LogP contribution < -0.4 is 5.56 Å². The van der Waals surface area contributed by atoms with Crippen LogP contribution in [0.25, 0.3) is 0 Å². The largest absolute Gasteiger partial charge is 0.342 e. The molecule has 2 heterocycles. The number of nitrogens with zero attached hydrogens (tertiary/aromatic N) is 2. The number of likely N-dealkylation sites (tertiary alicyclic amines) is 1. The summed E-state index contributed by atoms with van der Waals surface area (Å²) >= 11 is 1.31. The topological polar surface area (TPSA) is 66.1 Å². The highest BCUT2D eigenvalue weighted by atomic mass is 32.2. The summed E-state index contributed by atoms with van der Waals surface area (Å²) in [5.74, 6) is 0.476. The fourth-order valence-corrected chi connectivity index (χ4v) is 2.92. The highest BCUT2D eigenvalue weighted by Gasteiger charge is 2.18. The Labute approximate surface area is 116 Å². The van der Waals surface area contributed by atoms with Gasteiger partial charge in [-0.15, -0.1) is 0 Å². The second-order valence-corrected chi connectivity index (χ2v) is 5.63. The number of carbonyl (C=O) groups is 1. The van der Waals surface area contributed by atoms with Gasteiger partial charge in [0.15, 0.2) is 5.16 Å². The van der Waals surface area contributed by atoms with Crippen molar-refractivity contribution in [3.63, 3.8) is 0 Å². The minimum atomic E-state index is -0.144. The highest BCUT2D eigenvalue weighted by molar-refractivity contribution is 7.99. The van der Waals surface area contributed by atoms with Gasteiger partial charge in [-0.25, -0.2) is 4.98 Å². The molecular weight excluding hydrogens is 262 g/mol. The summed E-state index contributed by atoms with van der Waals surface area (Å²) in [5.41, 5.74) is 0.650. The first-order valence-corrected chi connectivity index (χ1v) is 7.68. The van der Waals surface area contributed by atoms with Crippen LogP contribution >= 0.6 is 11.8 Å². The van der Waals surface area contributed by atoms with E-state index in [-0.39, 0.29) is 11.5 Å². The van der Waals surface area contributed by atoms with Gasteiger partial charge in [0, 0.05) is 24.8 Å². The van der Waals surface area contributed by atoms with Crippen LogP contribution in [-0.4, -0.2) is 39.6 Å². The molecule has 5 nitrogen and oxygen atoms in total. The molecule has 0 radical (unpaired) electrons. The van der Waals surface area contributed by atoms with Gasteiger partial charge in [-0.05, 0) is 19.3 Å². The lowest BCUT2D eigenvalue weighted by Gasteiger charge is -2.14. The van der Waals surface area contributed by atoms with Crippen LogP contribution in [0.1, 0.15) is 31.9 Å². The van der Waals surface area contributed by atoms with Gasteiger partial charge in [0.25, 0.3) is 5.56 Å². The van der Waals surface area contributed by atoms with Gasteiger partial charge in [0.1, 0.15) is 0 Å². The Balaban J connectivity index is 1.94. The van der Waals surface area contributed by atoms with Crippen LogP contribution in [-0.2, 0) is 11.2 Å². The van der Waals surface area contributed by atoms with Gasteiger partial charge in [-0.3, -0.25) is 9.59 Å². The summed E-state index contributed by atoms with van der Waals surface area (Å²) in [4.78, 5) is 32.3. The van der Waals surface area contributed by atoms with Crippen LogP contribution in [0, 0.1) is 0 Å². The number of thioether (sulfide) groups is 1. The molecule has 1 aliphatic heterocycles. The second kappa shape index (κ2) is 6.75. The van der Waals surface area contributed by atoms with E-state index in [0.717, 1.165) is 44.5 Å². The molecular formula is C13H19N3O2S. The normalized spacial score (nSPS) is 14.9. The van der Waals surface area contributed by atoms with E-state index in [4.69, 9.17) is 0 Å². The molecule has 104 valence electrons. The smallest absolute Gasteiger partial charge is 0.251 e. The van der Waals surface area contributed by atoms with E-state index >= 15 is 0 Å². The van der Waals surface area contributed by atoms with Crippen molar-refractivity contribution in [3.05, 3.63) is 22.1 Å². The lowest BCUT2D eigenvalue weighted by atomic mass is 10.2. The Hall–Kier alpha value is -1.30. The van der Waals surface area contributed by atoms with Crippen molar-refractivity contribution in [2.24, 2.45) is 0 Å². The number of nitrogens with one attached hydrogen (secondary N) is 1. The third-order valence-electron chi connectivity index (χ3n) is 3.07. The van der Waals surface area contributed by atoms with Gasteiger partial charge in [0.2, 0.25) is 5.91 Å². The van der Waals surface area contributed by atoms with E-state index < -0.39 is 0 Å². The molecule has 0 bridgehead atoms. The molecule has 2 rings (SSSR count). The molecule has 0 spiro atoms. The van der Waals surface area contributed by atoms with Crippen LogP contribution in [0.15, 0.2) is 16.0 Å². The Morgan fingerprint density at radius 3 is 2.89 bits per heavy atom. The first-order valence-electron chi connectivity index (χ1n) is 6.70. The van der Waals surface area contributed by atoms with E-state index in [1.807, 2.05) is 11.8 Å². The first-order chi connectivity index (χ1) is 9.19. The van der Waals surface area contributed by atoms with Crippen molar-refractivity contribution in [3.8, 4) is 0 Å². The maximum Gasteiger partial charge on any atom is 0.251 e. The lowest BCUT2D eigenvalue weighted by Crippen LogP contribution is -2.29. The average molecular weight is 281 g/mol. The number of aromatic nitrogens is 2. The number of amides is 1. The van der Waals surface area contributed by atoms with Crippen LogP contribution in [0.3, 0.4) is 0 Å². The van der Waals surface area contributed by atoms with Crippen molar-refractivity contribution in [2.75, 3.05) is 18.8 Å². The number of hydrogen-bond acceptors (Lipinski definition) is 4. The molecule has 1 saturated heterocycles. The molecule has 1 aliphatic rings. The Kier molecular flexibility index (Phi) is 5.01. The van der Waals surface area contributed by atoms with Crippen molar-refractivity contribution < 1.29 is 4.79 Å². The van der Waals surface area contributed by atoms with Gasteiger partial charge in [-0.2, -0.15) is 0 Å². The van der Waals surface area contributed by atoms with Crippen molar-refractivity contribution in [1.29, 1.82) is 0 Å². The molecule has 0 saturated carbocycles. The van der Waals surface area contributed by atoms with E-state index in [9.17, 15) is 9.59 Å². The number of aryl methyl sites for hydroxylation is 1. The summed E-state index contributed by atoms with van der Waals surface area (Å²) in [5, 5.41) is 0.545. The summed E-state index contributed by atoms with van der Waals surface area (Å²) in [6.07, 6.45) is 3.93. The Morgan fingerprint density at radius 1 is 1.47 bits per heavy atom. The molecule has 1 aromatic rings. The predicted molar refractivity (Wildman–Crippen MR) is 75.4 cm³/mol. The van der Waals surface area contributed by atoms with Crippen molar-refractivity contribution in [1.82, 2.24) is 14.9 Å². The molecule has 19 heavy (non-hydrogen) atoms.